The first-order chi connectivity index (χ1) is 12.9. The largest absolute Gasteiger partial charge is 0.349 e. The second-order valence-corrected chi connectivity index (χ2v) is 7.50. The van der Waals surface area contributed by atoms with E-state index in [1.54, 1.807) is 18.3 Å². The molecule has 0 saturated carbocycles. The van der Waals surface area contributed by atoms with Crippen LogP contribution in [-0.4, -0.2) is 21.2 Å². The number of nitrogens with one attached hydrogen (secondary N) is 1. The van der Waals surface area contributed by atoms with Crippen molar-refractivity contribution in [2.45, 2.75) is 32.0 Å². The van der Waals surface area contributed by atoms with Crippen molar-refractivity contribution < 1.29 is 9.18 Å². The lowest BCUT2D eigenvalue weighted by atomic mass is 10.1. The number of thioether (sulfide) groups is 1. The molecule has 0 radical (unpaired) electrons. The van der Waals surface area contributed by atoms with E-state index in [0.717, 1.165) is 16.4 Å². The molecule has 3 rings (SSSR count). The van der Waals surface area contributed by atoms with E-state index in [2.05, 4.69) is 42.3 Å². The molecule has 140 valence electrons. The molecular formula is C21H22FN3OS. The van der Waals surface area contributed by atoms with Gasteiger partial charge in [-0.25, -0.2) is 9.37 Å². The summed E-state index contributed by atoms with van der Waals surface area (Å²) in [4.78, 5) is 16.7. The average Bonchev–Trinajstić information content (AvgIpc) is 3.08. The Labute approximate surface area is 162 Å². The Balaban J connectivity index is 1.63. The van der Waals surface area contributed by atoms with Crippen LogP contribution >= 0.6 is 11.8 Å². The van der Waals surface area contributed by atoms with Gasteiger partial charge in [0.05, 0.1) is 11.8 Å². The number of benzene rings is 2. The highest BCUT2D eigenvalue weighted by molar-refractivity contribution is 7.99. The molecule has 0 aliphatic rings. The SMILES string of the molecule is Cc1cc(C)cc(-n2ccnc2SCC(=O)NC(C)c2ccc(F)cc2)c1. The van der Waals surface area contributed by atoms with E-state index in [1.165, 1.54) is 35.0 Å². The number of aryl methyl sites for hydroxylation is 2. The topological polar surface area (TPSA) is 46.9 Å². The number of aromatic nitrogens is 2. The summed E-state index contributed by atoms with van der Waals surface area (Å²) in [6.07, 6.45) is 3.63. The molecule has 1 amide bonds. The molecule has 1 unspecified atom stereocenters. The number of carbonyl (C=O) groups is 1. The number of hydrogen-bond acceptors (Lipinski definition) is 3. The molecule has 0 aliphatic heterocycles. The summed E-state index contributed by atoms with van der Waals surface area (Å²) in [5.41, 5.74) is 4.26. The smallest absolute Gasteiger partial charge is 0.230 e. The number of nitrogens with zero attached hydrogens (tertiary/aromatic N) is 2. The van der Waals surface area contributed by atoms with Gasteiger partial charge >= 0.3 is 0 Å². The fourth-order valence-corrected chi connectivity index (χ4v) is 3.72. The summed E-state index contributed by atoms with van der Waals surface area (Å²) < 4.78 is 15.0. The Kier molecular flexibility index (Phi) is 5.96. The first-order valence-electron chi connectivity index (χ1n) is 8.72. The van der Waals surface area contributed by atoms with Gasteiger partial charge in [-0.3, -0.25) is 9.36 Å². The molecule has 27 heavy (non-hydrogen) atoms. The van der Waals surface area contributed by atoms with Crippen LogP contribution in [0.3, 0.4) is 0 Å². The van der Waals surface area contributed by atoms with Crippen LogP contribution in [-0.2, 0) is 4.79 Å². The van der Waals surface area contributed by atoms with E-state index in [-0.39, 0.29) is 23.5 Å². The molecule has 0 fully saturated rings. The minimum absolute atomic E-state index is 0.0909. The van der Waals surface area contributed by atoms with Crippen LogP contribution in [0.15, 0.2) is 60.0 Å². The lowest BCUT2D eigenvalue weighted by molar-refractivity contribution is -0.119. The fourth-order valence-electron chi connectivity index (χ4n) is 2.93. The molecule has 0 saturated heterocycles. The van der Waals surface area contributed by atoms with Crippen LogP contribution in [0, 0.1) is 19.7 Å². The van der Waals surface area contributed by atoms with Crippen molar-refractivity contribution in [3.63, 3.8) is 0 Å². The zero-order valence-corrected chi connectivity index (χ0v) is 16.4. The summed E-state index contributed by atoms with van der Waals surface area (Å²) in [6.45, 7) is 6.00. The molecule has 3 aromatic rings. The molecule has 0 aliphatic carbocycles. The van der Waals surface area contributed by atoms with Crippen molar-refractivity contribution in [2.24, 2.45) is 0 Å². The van der Waals surface area contributed by atoms with Crippen LogP contribution in [0.5, 0.6) is 0 Å². The maximum absolute atomic E-state index is 13.0. The van der Waals surface area contributed by atoms with Crippen molar-refractivity contribution in [2.75, 3.05) is 5.75 Å². The maximum Gasteiger partial charge on any atom is 0.230 e. The van der Waals surface area contributed by atoms with Gasteiger partial charge in [0.2, 0.25) is 5.91 Å². The second kappa shape index (κ2) is 8.39. The van der Waals surface area contributed by atoms with E-state index >= 15 is 0 Å². The second-order valence-electron chi connectivity index (χ2n) is 6.56. The highest BCUT2D eigenvalue weighted by Crippen LogP contribution is 2.22. The Morgan fingerprint density at radius 3 is 2.52 bits per heavy atom. The van der Waals surface area contributed by atoms with E-state index in [9.17, 15) is 9.18 Å². The zero-order valence-electron chi connectivity index (χ0n) is 15.6. The Bertz CT molecular complexity index is 917. The highest BCUT2D eigenvalue weighted by atomic mass is 32.2. The Morgan fingerprint density at radius 1 is 1.19 bits per heavy atom. The van der Waals surface area contributed by atoms with Crippen LogP contribution < -0.4 is 5.32 Å². The standard InChI is InChI=1S/C21H22FN3OS/c1-14-10-15(2)12-19(11-14)25-9-8-23-21(25)27-13-20(26)24-16(3)17-4-6-18(22)7-5-17/h4-12,16H,13H2,1-3H3,(H,24,26). The van der Waals surface area contributed by atoms with Crippen LogP contribution in [0.25, 0.3) is 5.69 Å². The van der Waals surface area contributed by atoms with Gasteiger partial charge in [0.1, 0.15) is 5.82 Å². The van der Waals surface area contributed by atoms with Gasteiger partial charge in [-0.1, -0.05) is 30.0 Å². The van der Waals surface area contributed by atoms with Crippen LogP contribution in [0.1, 0.15) is 29.7 Å². The molecule has 0 bridgehead atoms. The van der Waals surface area contributed by atoms with Gasteiger partial charge in [0, 0.05) is 18.1 Å². The summed E-state index contributed by atoms with van der Waals surface area (Å²) in [5.74, 6) is -0.120. The zero-order chi connectivity index (χ0) is 19.4. The predicted molar refractivity (Wildman–Crippen MR) is 107 cm³/mol. The van der Waals surface area contributed by atoms with Gasteiger partial charge in [-0.05, 0) is 61.7 Å². The lowest BCUT2D eigenvalue weighted by Crippen LogP contribution is -2.28. The predicted octanol–water partition coefficient (Wildman–Crippen LogP) is 4.60. The summed E-state index contributed by atoms with van der Waals surface area (Å²) >= 11 is 1.39. The molecule has 2 aromatic carbocycles. The third-order valence-corrected chi connectivity index (χ3v) is 5.14. The molecule has 1 N–H and O–H groups in total. The van der Waals surface area contributed by atoms with Crippen molar-refractivity contribution in [3.05, 3.63) is 77.4 Å². The molecular weight excluding hydrogens is 361 g/mol. The van der Waals surface area contributed by atoms with E-state index in [4.69, 9.17) is 0 Å². The normalized spacial score (nSPS) is 12.0. The molecule has 0 spiro atoms. The summed E-state index contributed by atoms with van der Waals surface area (Å²) in [7, 11) is 0. The van der Waals surface area contributed by atoms with Crippen molar-refractivity contribution in [1.82, 2.24) is 14.9 Å². The van der Waals surface area contributed by atoms with Crippen LogP contribution in [0.2, 0.25) is 0 Å². The molecule has 4 nitrogen and oxygen atoms in total. The van der Waals surface area contributed by atoms with Crippen molar-refractivity contribution in [1.29, 1.82) is 0 Å². The average molecular weight is 383 g/mol. The van der Waals surface area contributed by atoms with Crippen LogP contribution in [0.4, 0.5) is 4.39 Å². The minimum atomic E-state index is -0.286. The van der Waals surface area contributed by atoms with Crippen molar-refractivity contribution in [3.8, 4) is 5.69 Å². The maximum atomic E-state index is 13.0. The first-order valence-corrected chi connectivity index (χ1v) is 9.70. The quantitative estimate of drug-likeness (QED) is 0.633. The molecule has 1 aromatic heterocycles. The summed E-state index contributed by atoms with van der Waals surface area (Å²) in [6, 6.07) is 12.3. The number of hydrogen-bond donors (Lipinski definition) is 1. The molecule has 1 heterocycles. The fraction of sp³-hybridized carbons (Fsp3) is 0.238. The summed E-state index contributed by atoms with van der Waals surface area (Å²) in [5, 5.41) is 3.70. The number of rotatable bonds is 6. The third kappa shape index (κ3) is 4.98. The Morgan fingerprint density at radius 2 is 1.85 bits per heavy atom. The van der Waals surface area contributed by atoms with E-state index in [0.29, 0.717) is 0 Å². The number of amides is 1. The molecule has 6 heteroatoms. The Hall–Kier alpha value is -2.60. The number of carbonyl (C=O) groups excluding carboxylic acids is 1. The minimum Gasteiger partial charge on any atom is -0.349 e. The number of imidazole rings is 1. The lowest BCUT2D eigenvalue weighted by Gasteiger charge is -2.14. The molecule has 1 atom stereocenters. The van der Waals surface area contributed by atoms with Gasteiger partial charge in [-0.2, -0.15) is 0 Å². The third-order valence-electron chi connectivity index (χ3n) is 4.17. The first kappa shape index (κ1) is 19.2. The van der Waals surface area contributed by atoms with Crippen molar-refractivity contribution >= 4 is 17.7 Å². The number of halogens is 1. The monoisotopic (exact) mass is 383 g/mol. The van der Waals surface area contributed by atoms with E-state index in [1.807, 2.05) is 17.7 Å². The van der Waals surface area contributed by atoms with Gasteiger partial charge in [0.15, 0.2) is 5.16 Å². The van der Waals surface area contributed by atoms with Gasteiger partial charge in [0.25, 0.3) is 0 Å². The van der Waals surface area contributed by atoms with E-state index < -0.39 is 0 Å². The highest BCUT2D eigenvalue weighted by Gasteiger charge is 2.13. The van der Waals surface area contributed by atoms with Gasteiger partial charge < -0.3 is 5.32 Å². The van der Waals surface area contributed by atoms with Gasteiger partial charge in [-0.15, -0.1) is 0 Å².